The molecule has 2 N–H and O–H groups in total. The van der Waals surface area contributed by atoms with Crippen LogP contribution < -0.4 is 15.5 Å². The van der Waals surface area contributed by atoms with Crippen molar-refractivity contribution >= 4 is 34.8 Å². The first-order valence-electron chi connectivity index (χ1n) is 11.7. The first kappa shape index (κ1) is 28.0. The van der Waals surface area contributed by atoms with E-state index >= 15 is 0 Å². The molecule has 0 radical (unpaired) electrons. The highest BCUT2D eigenvalue weighted by Gasteiger charge is 2.17. The van der Waals surface area contributed by atoms with Gasteiger partial charge in [-0.1, -0.05) is 13.8 Å². The second kappa shape index (κ2) is 14.2. The van der Waals surface area contributed by atoms with Crippen LogP contribution in [0.15, 0.2) is 24.3 Å². The molecule has 0 bridgehead atoms. The molecule has 8 heteroatoms. The van der Waals surface area contributed by atoms with Gasteiger partial charge in [0.2, 0.25) is 0 Å². The lowest BCUT2D eigenvalue weighted by molar-refractivity contribution is 0.0525. The number of nitrogens with one attached hydrogen (secondary N) is 2. The Bertz CT molecular complexity index is 683. The van der Waals surface area contributed by atoms with Crippen LogP contribution in [-0.4, -0.2) is 79.0 Å². The fourth-order valence-corrected chi connectivity index (χ4v) is 3.57. The highest BCUT2D eigenvalue weighted by atomic mass is 32.1. The molecule has 1 amide bonds. The summed E-state index contributed by atoms with van der Waals surface area (Å²) >= 11 is 5.72. The molecule has 1 aromatic rings. The average Bonchev–Trinajstić information content (AvgIpc) is 2.73. The fourth-order valence-electron chi connectivity index (χ4n) is 3.27. The van der Waals surface area contributed by atoms with Crippen LogP contribution in [0.2, 0.25) is 0 Å². The summed E-state index contributed by atoms with van der Waals surface area (Å²) in [6.45, 7) is 20.9. The van der Waals surface area contributed by atoms with E-state index in [4.69, 9.17) is 17.0 Å². The normalized spacial score (nSPS) is 11.2. The molecule has 0 saturated carbocycles. The van der Waals surface area contributed by atoms with Crippen LogP contribution >= 0.6 is 12.2 Å². The third kappa shape index (κ3) is 10.5. The minimum atomic E-state index is -0.513. The van der Waals surface area contributed by atoms with E-state index in [0.717, 1.165) is 45.0 Å². The number of carbonyl (C=O) groups excluding carboxylic acids is 1. The topological polar surface area (TPSA) is 60.1 Å². The molecular weight excluding hydrogens is 422 g/mol. The van der Waals surface area contributed by atoms with E-state index < -0.39 is 11.7 Å². The van der Waals surface area contributed by atoms with E-state index in [1.807, 2.05) is 20.8 Å². The largest absolute Gasteiger partial charge is 0.444 e. The predicted octanol–water partition coefficient (Wildman–Crippen LogP) is 4.40. The van der Waals surface area contributed by atoms with E-state index in [2.05, 4.69) is 77.3 Å². The van der Waals surface area contributed by atoms with Crippen molar-refractivity contribution in [2.45, 2.75) is 54.1 Å². The summed E-state index contributed by atoms with van der Waals surface area (Å²) in [5.74, 6) is 0. The third-order valence-electron chi connectivity index (χ3n) is 5.16. The zero-order valence-electron chi connectivity index (χ0n) is 21.0. The molecule has 1 rings (SSSR count). The molecule has 182 valence electrons. The van der Waals surface area contributed by atoms with Crippen molar-refractivity contribution in [3.63, 3.8) is 0 Å². The zero-order chi connectivity index (χ0) is 24.1. The van der Waals surface area contributed by atoms with Crippen molar-refractivity contribution in [1.29, 1.82) is 0 Å². The van der Waals surface area contributed by atoms with Crippen molar-refractivity contribution in [2.24, 2.45) is 0 Å². The Hall–Kier alpha value is -2.06. The van der Waals surface area contributed by atoms with Gasteiger partial charge in [-0.25, -0.2) is 4.79 Å². The molecule has 0 atom stereocenters. The maximum Gasteiger partial charge on any atom is 0.407 e. The Balaban J connectivity index is 2.75. The molecule has 0 aliphatic carbocycles. The monoisotopic (exact) mass is 465 g/mol. The van der Waals surface area contributed by atoms with Gasteiger partial charge < -0.3 is 30.1 Å². The van der Waals surface area contributed by atoms with Crippen LogP contribution in [0.25, 0.3) is 0 Å². The lowest BCUT2D eigenvalue weighted by Gasteiger charge is -2.29. The second-order valence-electron chi connectivity index (χ2n) is 8.59. The molecule has 0 spiro atoms. The van der Waals surface area contributed by atoms with Crippen molar-refractivity contribution in [2.75, 3.05) is 62.6 Å². The molecular formula is C24H43N5O2S. The van der Waals surface area contributed by atoms with E-state index in [9.17, 15) is 4.79 Å². The zero-order valence-corrected chi connectivity index (χ0v) is 21.8. The number of benzene rings is 1. The lowest BCUT2D eigenvalue weighted by Crippen LogP contribution is -2.45. The van der Waals surface area contributed by atoms with Crippen LogP contribution in [-0.2, 0) is 4.74 Å². The van der Waals surface area contributed by atoms with Gasteiger partial charge in [-0.05, 0) is 84.2 Å². The summed E-state index contributed by atoms with van der Waals surface area (Å²) < 4.78 is 5.33. The number of hydrogen-bond donors (Lipinski definition) is 2. The van der Waals surface area contributed by atoms with E-state index in [1.54, 1.807) is 0 Å². The average molecular weight is 466 g/mol. The first-order valence-corrected chi connectivity index (χ1v) is 12.1. The smallest absolute Gasteiger partial charge is 0.407 e. The molecule has 1 aromatic carbocycles. The van der Waals surface area contributed by atoms with Gasteiger partial charge in [0, 0.05) is 50.6 Å². The Morgan fingerprint density at radius 2 is 1.53 bits per heavy atom. The summed E-state index contributed by atoms with van der Waals surface area (Å²) in [7, 11) is 0. The summed E-state index contributed by atoms with van der Waals surface area (Å²) in [6, 6.07) is 8.34. The van der Waals surface area contributed by atoms with Gasteiger partial charge in [-0.3, -0.25) is 0 Å². The number of thiocarbonyl (C=S) groups is 1. The molecule has 0 unspecified atom stereocenters. The van der Waals surface area contributed by atoms with Crippen molar-refractivity contribution in [1.82, 2.24) is 15.1 Å². The van der Waals surface area contributed by atoms with Crippen LogP contribution in [0.4, 0.5) is 16.2 Å². The number of amides is 1. The molecule has 0 aliphatic rings. The van der Waals surface area contributed by atoms with Crippen molar-refractivity contribution in [3.8, 4) is 0 Å². The first-order chi connectivity index (χ1) is 15.1. The number of carbonyl (C=O) groups is 1. The SMILES string of the molecule is CCN(CC)CCN(CCNC(=O)OC(C)(C)C)C(=S)Nc1ccc(N(CC)CC)cc1. The molecule has 0 aliphatic heterocycles. The number of nitrogens with zero attached hydrogens (tertiary/aromatic N) is 3. The highest BCUT2D eigenvalue weighted by Crippen LogP contribution is 2.18. The third-order valence-corrected chi connectivity index (χ3v) is 5.53. The van der Waals surface area contributed by atoms with Gasteiger partial charge in [0.1, 0.15) is 5.60 Å². The predicted molar refractivity (Wildman–Crippen MR) is 140 cm³/mol. The summed E-state index contributed by atoms with van der Waals surface area (Å²) in [4.78, 5) is 18.7. The van der Waals surface area contributed by atoms with E-state index in [0.29, 0.717) is 18.2 Å². The van der Waals surface area contributed by atoms with Crippen LogP contribution in [0.5, 0.6) is 0 Å². The second-order valence-corrected chi connectivity index (χ2v) is 8.98. The van der Waals surface area contributed by atoms with Crippen LogP contribution in [0.3, 0.4) is 0 Å². The van der Waals surface area contributed by atoms with Crippen LogP contribution in [0, 0.1) is 0 Å². The van der Waals surface area contributed by atoms with Crippen LogP contribution in [0.1, 0.15) is 48.5 Å². The maximum absolute atomic E-state index is 12.0. The van der Waals surface area contributed by atoms with Gasteiger partial charge in [0.15, 0.2) is 5.11 Å². The van der Waals surface area contributed by atoms with Gasteiger partial charge in [-0.2, -0.15) is 0 Å². The fraction of sp³-hybridized carbons (Fsp3) is 0.667. The molecule has 7 nitrogen and oxygen atoms in total. The molecule has 0 fully saturated rings. The van der Waals surface area contributed by atoms with Crippen molar-refractivity contribution < 1.29 is 9.53 Å². The quantitative estimate of drug-likeness (QED) is 0.444. The summed E-state index contributed by atoms with van der Waals surface area (Å²) in [6.07, 6.45) is -0.410. The Labute approximate surface area is 200 Å². The Kier molecular flexibility index (Phi) is 12.4. The van der Waals surface area contributed by atoms with Gasteiger partial charge in [-0.15, -0.1) is 0 Å². The number of alkyl carbamates (subject to hydrolysis) is 1. The number of ether oxygens (including phenoxy) is 1. The highest BCUT2D eigenvalue weighted by molar-refractivity contribution is 7.80. The molecule has 0 aromatic heterocycles. The van der Waals surface area contributed by atoms with E-state index in [-0.39, 0.29) is 0 Å². The number of anilines is 2. The summed E-state index contributed by atoms with van der Waals surface area (Å²) in [5.41, 5.74) is 1.64. The van der Waals surface area contributed by atoms with E-state index in [1.165, 1.54) is 5.69 Å². The van der Waals surface area contributed by atoms with Crippen molar-refractivity contribution in [3.05, 3.63) is 24.3 Å². The molecule has 0 saturated heterocycles. The van der Waals surface area contributed by atoms with Gasteiger partial charge in [0.25, 0.3) is 0 Å². The maximum atomic E-state index is 12.0. The lowest BCUT2D eigenvalue weighted by atomic mass is 10.2. The molecule has 32 heavy (non-hydrogen) atoms. The number of hydrogen-bond acceptors (Lipinski definition) is 5. The summed E-state index contributed by atoms with van der Waals surface area (Å²) in [5, 5.41) is 6.84. The minimum Gasteiger partial charge on any atom is -0.444 e. The number of likely N-dealkylation sites (N-methyl/N-ethyl adjacent to an activating group) is 1. The van der Waals surface area contributed by atoms with Gasteiger partial charge in [0.05, 0.1) is 0 Å². The van der Waals surface area contributed by atoms with Gasteiger partial charge >= 0.3 is 6.09 Å². The molecule has 0 heterocycles. The Morgan fingerprint density at radius 1 is 0.938 bits per heavy atom. The number of rotatable bonds is 12. The standard InChI is InChI=1S/C24H43N5O2S/c1-8-27(9-2)18-19-29(17-16-25-23(30)31-24(5,6)7)22(32)26-20-12-14-21(15-13-20)28(10-3)11-4/h12-15H,8-11,16-19H2,1-7H3,(H,25,30)(H,26,32). The minimum absolute atomic E-state index is 0.410. The Morgan fingerprint density at radius 3 is 2.03 bits per heavy atom.